The maximum atomic E-state index is 14.7. The molecule has 0 saturated carbocycles. The SMILES string of the molecule is N#CCCCCCCOc1ccc(C(F)(F)Oc2ccc(/C=C/C(=O)OCCCCOC(=O)c3cc(N)cc(N)c3)cc2)cc1. The Morgan fingerprint density at radius 2 is 1.38 bits per heavy atom. The van der Waals surface area contributed by atoms with Crippen LogP contribution in [0.2, 0.25) is 0 Å². The lowest BCUT2D eigenvalue weighted by atomic mass is 10.1. The van der Waals surface area contributed by atoms with Crippen molar-refractivity contribution in [1.82, 2.24) is 0 Å². The summed E-state index contributed by atoms with van der Waals surface area (Å²) in [4.78, 5) is 24.1. The van der Waals surface area contributed by atoms with Crippen molar-refractivity contribution in [3.05, 3.63) is 89.5 Å². The number of anilines is 2. The lowest BCUT2D eigenvalue weighted by Gasteiger charge is -2.18. The highest BCUT2D eigenvalue weighted by Crippen LogP contribution is 2.32. The molecular formula is C34H37F2N3O6. The van der Waals surface area contributed by atoms with Crippen LogP contribution in [0, 0.1) is 11.3 Å². The van der Waals surface area contributed by atoms with Gasteiger partial charge in [0.2, 0.25) is 0 Å². The van der Waals surface area contributed by atoms with E-state index in [1.54, 1.807) is 0 Å². The van der Waals surface area contributed by atoms with E-state index in [2.05, 4.69) is 6.07 Å². The molecule has 0 fully saturated rings. The van der Waals surface area contributed by atoms with E-state index in [0.717, 1.165) is 25.7 Å². The third-order valence-corrected chi connectivity index (χ3v) is 6.41. The van der Waals surface area contributed by atoms with Crippen LogP contribution in [0.15, 0.2) is 72.8 Å². The zero-order valence-electron chi connectivity index (χ0n) is 24.9. The summed E-state index contributed by atoms with van der Waals surface area (Å²) in [5.74, 6) is -0.669. The summed E-state index contributed by atoms with van der Waals surface area (Å²) >= 11 is 0. The predicted molar refractivity (Wildman–Crippen MR) is 166 cm³/mol. The predicted octanol–water partition coefficient (Wildman–Crippen LogP) is 7.03. The van der Waals surface area contributed by atoms with E-state index in [9.17, 15) is 18.4 Å². The van der Waals surface area contributed by atoms with E-state index < -0.39 is 18.0 Å². The van der Waals surface area contributed by atoms with Crippen LogP contribution in [0.25, 0.3) is 6.08 Å². The van der Waals surface area contributed by atoms with Gasteiger partial charge >= 0.3 is 18.0 Å². The highest BCUT2D eigenvalue weighted by atomic mass is 19.3. The second-order valence-electron chi connectivity index (χ2n) is 10.1. The summed E-state index contributed by atoms with van der Waals surface area (Å²) in [6.45, 7) is 0.741. The minimum atomic E-state index is -3.57. The first-order valence-electron chi connectivity index (χ1n) is 14.6. The second kappa shape index (κ2) is 17.9. The van der Waals surface area contributed by atoms with Gasteiger partial charge in [-0.15, -0.1) is 0 Å². The van der Waals surface area contributed by atoms with Gasteiger partial charge in [0.05, 0.1) is 37.0 Å². The number of ether oxygens (including phenoxy) is 4. The van der Waals surface area contributed by atoms with Gasteiger partial charge in [-0.25, -0.2) is 9.59 Å². The van der Waals surface area contributed by atoms with Crippen molar-refractivity contribution in [2.24, 2.45) is 0 Å². The highest BCUT2D eigenvalue weighted by Gasteiger charge is 2.34. The molecule has 0 unspecified atom stereocenters. The Morgan fingerprint density at radius 1 is 0.778 bits per heavy atom. The molecule has 0 bridgehead atoms. The molecule has 0 aliphatic carbocycles. The number of hydrogen-bond acceptors (Lipinski definition) is 9. The van der Waals surface area contributed by atoms with Crippen molar-refractivity contribution < 1.29 is 37.3 Å². The minimum absolute atomic E-state index is 0.0450. The lowest BCUT2D eigenvalue weighted by molar-refractivity contribution is -0.185. The molecule has 0 aliphatic rings. The number of benzene rings is 3. The van der Waals surface area contributed by atoms with Gasteiger partial charge in [-0.2, -0.15) is 14.0 Å². The van der Waals surface area contributed by atoms with Crippen LogP contribution in [0.4, 0.5) is 20.2 Å². The van der Waals surface area contributed by atoms with E-state index in [0.29, 0.717) is 48.6 Å². The summed E-state index contributed by atoms with van der Waals surface area (Å²) < 4.78 is 50.3. The number of nitrogen functional groups attached to an aromatic ring is 2. The van der Waals surface area contributed by atoms with Crippen LogP contribution in [0.1, 0.15) is 66.4 Å². The zero-order valence-corrected chi connectivity index (χ0v) is 24.9. The Labute approximate surface area is 261 Å². The molecule has 3 rings (SSSR count). The van der Waals surface area contributed by atoms with Crippen molar-refractivity contribution in [3.8, 4) is 17.6 Å². The Morgan fingerprint density at radius 3 is 2.04 bits per heavy atom. The fraction of sp³-hybridized carbons (Fsp3) is 0.324. The van der Waals surface area contributed by atoms with Crippen LogP contribution >= 0.6 is 0 Å². The fourth-order valence-corrected chi connectivity index (χ4v) is 4.08. The summed E-state index contributed by atoms with van der Waals surface area (Å²) in [7, 11) is 0. The van der Waals surface area contributed by atoms with E-state index in [1.165, 1.54) is 78.9 Å². The first kappa shape index (κ1) is 34.4. The maximum absolute atomic E-state index is 14.7. The third-order valence-electron chi connectivity index (χ3n) is 6.41. The fourth-order valence-electron chi connectivity index (χ4n) is 4.08. The molecule has 0 aliphatic heterocycles. The molecule has 0 aromatic heterocycles. The van der Waals surface area contributed by atoms with Crippen molar-refractivity contribution >= 4 is 29.4 Å². The molecule has 0 atom stereocenters. The zero-order chi connectivity index (χ0) is 32.5. The quantitative estimate of drug-likeness (QED) is 0.0661. The summed E-state index contributed by atoms with van der Waals surface area (Å²) in [6, 6.07) is 17.9. The van der Waals surface area contributed by atoms with Gasteiger partial charge in [-0.05, 0) is 91.9 Å². The second-order valence-corrected chi connectivity index (χ2v) is 10.1. The highest BCUT2D eigenvalue weighted by molar-refractivity contribution is 5.91. The number of nitrogens with two attached hydrogens (primary N) is 2. The number of rotatable bonds is 18. The maximum Gasteiger partial charge on any atom is 0.426 e. The van der Waals surface area contributed by atoms with Gasteiger partial charge < -0.3 is 30.4 Å². The van der Waals surface area contributed by atoms with Crippen LogP contribution in [-0.4, -0.2) is 31.8 Å². The number of carbonyl (C=O) groups excluding carboxylic acids is 2. The van der Waals surface area contributed by atoms with Crippen molar-refractivity contribution in [3.63, 3.8) is 0 Å². The van der Waals surface area contributed by atoms with Gasteiger partial charge in [0.15, 0.2) is 0 Å². The molecule has 11 heteroatoms. The molecule has 0 spiro atoms. The third kappa shape index (κ3) is 12.6. The van der Waals surface area contributed by atoms with Crippen LogP contribution < -0.4 is 20.9 Å². The normalized spacial score (nSPS) is 11.1. The minimum Gasteiger partial charge on any atom is -0.494 e. The molecule has 238 valence electrons. The Hall–Kier alpha value is -5.11. The number of esters is 2. The lowest BCUT2D eigenvalue weighted by Crippen LogP contribution is -2.21. The Bertz CT molecular complexity index is 1430. The van der Waals surface area contributed by atoms with E-state index in [-0.39, 0.29) is 30.1 Å². The van der Waals surface area contributed by atoms with E-state index >= 15 is 0 Å². The molecule has 0 heterocycles. The molecular weight excluding hydrogens is 584 g/mol. The molecule has 9 nitrogen and oxygen atoms in total. The summed E-state index contributed by atoms with van der Waals surface area (Å²) in [5, 5.41) is 8.54. The molecule has 45 heavy (non-hydrogen) atoms. The number of unbranched alkanes of at least 4 members (excludes halogenated alkanes) is 5. The van der Waals surface area contributed by atoms with Crippen LogP contribution in [0.3, 0.4) is 0 Å². The smallest absolute Gasteiger partial charge is 0.426 e. The van der Waals surface area contributed by atoms with Crippen LogP contribution in [-0.2, 0) is 20.4 Å². The average molecular weight is 622 g/mol. The first-order chi connectivity index (χ1) is 21.7. The van der Waals surface area contributed by atoms with Gasteiger partial charge in [-0.1, -0.05) is 25.0 Å². The van der Waals surface area contributed by atoms with Gasteiger partial charge in [0.1, 0.15) is 11.5 Å². The van der Waals surface area contributed by atoms with Gasteiger partial charge in [0, 0.05) is 23.9 Å². The topological polar surface area (TPSA) is 147 Å². The monoisotopic (exact) mass is 621 g/mol. The molecule has 4 N–H and O–H groups in total. The van der Waals surface area contributed by atoms with Gasteiger partial charge in [-0.3, -0.25) is 0 Å². The Balaban J connectivity index is 1.34. The van der Waals surface area contributed by atoms with Crippen LogP contribution in [0.5, 0.6) is 11.5 Å². The Kier molecular flexibility index (Phi) is 13.7. The van der Waals surface area contributed by atoms with E-state index in [1.807, 2.05) is 0 Å². The largest absolute Gasteiger partial charge is 0.494 e. The van der Waals surface area contributed by atoms with Crippen molar-refractivity contribution in [2.45, 2.75) is 51.1 Å². The number of nitrogens with zero attached hydrogens (tertiary/aromatic N) is 1. The summed E-state index contributed by atoms with van der Waals surface area (Å²) in [5.41, 5.74) is 12.6. The van der Waals surface area contributed by atoms with Crippen molar-refractivity contribution in [2.75, 3.05) is 31.3 Å². The van der Waals surface area contributed by atoms with E-state index in [4.69, 9.17) is 35.7 Å². The molecule has 3 aromatic rings. The summed E-state index contributed by atoms with van der Waals surface area (Å²) in [6.07, 6.45) is 4.25. The number of carbonyl (C=O) groups is 2. The number of nitriles is 1. The van der Waals surface area contributed by atoms with Crippen molar-refractivity contribution in [1.29, 1.82) is 5.26 Å². The first-order valence-corrected chi connectivity index (χ1v) is 14.6. The molecule has 0 radical (unpaired) electrons. The van der Waals surface area contributed by atoms with Gasteiger partial charge in [0.25, 0.3) is 0 Å². The number of halogens is 2. The number of alkyl halides is 2. The number of hydrogen-bond donors (Lipinski definition) is 2. The average Bonchev–Trinajstić information content (AvgIpc) is 3.01. The molecule has 3 aromatic carbocycles. The molecule has 0 amide bonds. The molecule has 0 saturated heterocycles. The standard InChI is InChI=1S/C34H37F2N3O6/c35-34(36,27-11-15-30(16-12-27)42-19-5-3-1-2-4-18-37)45-31-13-8-25(9-14-31)10-17-32(40)43-20-6-7-21-44-33(41)26-22-28(38)24-29(39)23-26/h8-17,22-24H,1-7,19-21,38-39H2/b17-10+.